The molecule has 4 nitrogen and oxygen atoms in total. The highest BCUT2D eigenvalue weighted by Crippen LogP contribution is 2.42. The van der Waals surface area contributed by atoms with Gasteiger partial charge in [0.1, 0.15) is 0 Å². The maximum absolute atomic E-state index is 7.52. The van der Waals surface area contributed by atoms with Crippen LogP contribution in [0.3, 0.4) is 0 Å². The van der Waals surface area contributed by atoms with Crippen molar-refractivity contribution < 1.29 is 0 Å². The van der Waals surface area contributed by atoms with Gasteiger partial charge in [-0.15, -0.1) is 0 Å². The van der Waals surface area contributed by atoms with Crippen LogP contribution in [0.4, 0.5) is 0 Å². The molecule has 3 rings (SSSR count). The minimum Gasteiger partial charge on any atom is -0.379 e. The molecular weight excluding hydrogens is 368 g/mol. The van der Waals surface area contributed by atoms with Gasteiger partial charge in [0.2, 0.25) is 0 Å². The zero-order chi connectivity index (χ0) is 17.8. The van der Waals surface area contributed by atoms with Gasteiger partial charge in [0.15, 0.2) is 10.3 Å². The molecule has 2 aromatic carbocycles. The van der Waals surface area contributed by atoms with Crippen LogP contribution in [0.5, 0.6) is 0 Å². The van der Waals surface area contributed by atoms with E-state index in [2.05, 4.69) is 36.4 Å². The molecule has 130 valence electrons. The van der Waals surface area contributed by atoms with Gasteiger partial charge in [-0.25, -0.2) is 0 Å². The standard InChI is InChI=1S/C18H20N4S3/c19-17(20)24-9-13-5-1-3-11-7-23-8-12-4-2-6-14(10-25-18(21)22)16(12)15(11)13/h1-6H,7-10H2,(H3,19,20)(H3,21,22). The molecule has 7 heteroatoms. The van der Waals surface area contributed by atoms with Crippen molar-refractivity contribution in [2.75, 3.05) is 0 Å². The van der Waals surface area contributed by atoms with Gasteiger partial charge < -0.3 is 11.5 Å². The van der Waals surface area contributed by atoms with Crippen molar-refractivity contribution in [2.24, 2.45) is 11.5 Å². The first-order valence-corrected chi connectivity index (χ1v) is 10.9. The van der Waals surface area contributed by atoms with Crippen LogP contribution in [-0.4, -0.2) is 10.3 Å². The summed E-state index contributed by atoms with van der Waals surface area (Å²) in [4.78, 5) is 0. The molecule has 0 fully saturated rings. The lowest BCUT2D eigenvalue weighted by molar-refractivity contribution is 1.29. The van der Waals surface area contributed by atoms with Crippen LogP contribution in [0.1, 0.15) is 22.3 Å². The van der Waals surface area contributed by atoms with E-state index in [1.54, 1.807) is 0 Å². The lowest BCUT2D eigenvalue weighted by Gasteiger charge is -2.18. The average molecular weight is 389 g/mol. The third kappa shape index (κ3) is 4.34. The normalized spacial score (nSPS) is 12.8. The fourth-order valence-electron chi connectivity index (χ4n) is 3.01. The maximum atomic E-state index is 7.52. The Bertz CT molecular complexity index is 752. The van der Waals surface area contributed by atoms with Gasteiger partial charge in [0.25, 0.3) is 0 Å². The lowest BCUT2D eigenvalue weighted by atomic mass is 9.89. The Kier molecular flexibility index (Phi) is 5.98. The highest BCUT2D eigenvalue weighted by molar-refractivity contribution is 8.13. The number of fused-ring (bicyclic) bond motifs is 3. The van der Waals surface area contributed by atoms with Crippen molar-refractivity contribution in [1.29, 1.82) is 10.8 Å². The largest absolute Gasteiger partial charge is 0.379 e. The van der Waals surface area contributed by atoms with E-state index in [0.29, 0.717) is 11.5 Å². The van der Waals surface area contributed by atoms with E-state index >= 15 is 0 Å². The predicted molar refractivity (Wildman–Crippen MR) is 113 cm³/mol. The third-order valence-corrected chi connectivity index (χ3v) is 6.57. The molecule has 0 saturated heterocycles. The number of benzene rings is 2. The summed E-state index contributed by atoms with van der Waals surface area (Å²) >= 11 is 4.64. The number of hydrogen-bond acceptors (Lipinski definition) is 5. The summed E-state index contributed by atoms with van der Waals surface area (Å²) < 4.78 is 0. The first kappa shape index (κ1) is 18.2. The lowest BCUT2D eigenvalue weighted by Crippen LogP contribution is -2.06. The quantitative estimate of drug-likeness (QED) is 0.461. The van der Waals surface area contributed by atoms with Crippen LogP contribution in [0, 0.1) is 10.8 Å². The van der Waals surface area contributed by atoms with Gasteiger partial charge >= 0.3 is 0 Å². The van der Waals surface area contributed by atoms with Gasteiger partial charge in [-0.2, -0.15) is 11.8 Å². The maximum Gasteiger partial charge on any atom is 0.151 e. The van der Waals surface area contributed by atoms with Crippen LogP contribution < -0.4 is 11.5 Å². The number of amidine groups is 2. The summed E-state index contributed by atoms with van der Waals surface area (Å²) in [5.74, 6) is 3.33. The number of rotatable bonds is 4. The van der Waals surface area contributed by atoms with E-state index in [4.69, 9.17) is 22.3 Å². The minimum atomic E-state index is 0.140. The summed E-state index contributed by atoms with van der Waals surface area (Å²) in [6.07, 6.45) is 0. The topological polar surface area (TPSA) is 99.7 Å². The Hall–Kier alpha value is -1.57. The van der Waals surface area contributed by atoms with E-state index in [0.717, 1.165) is 11.5 Å². The van der Waals surface area contributed by atoms with E-state index < -0.39 is 0 Å². The summed E-state index contributed by atoms with van der Waals surface area (Å²) in [5.41, 5.74) is 18.7. The number of nitrogens with one attached hydrogen (secondary N) is 2. The van der Waals surface area contributed by atoms with Crippen molar-refractivity contribution in [3.8, 4) is 11.1 Å². The second kappa shape index (κ2) is 8.21. The molecule has 2 aromatic rings. The first-order chi connectivity index (χ1) is 12.1. The Morgan fingerprint density at radius 2 is 1.28 bits per heavy atom. The minimum absolute atomic E-state index is 0.140. The molecule has 0 saturated carbocycles. The van der Waals surface area contributed by atoms with Crippen LogP contribution >= 0.6 is 35.3 Å². The predicted octanol–water partition coefficient (Wildman–Crippen LogP) is 4.35. The van der Waals surface area contributed by atoms with Crippen LogP contribution in [-0.2, 0) is 23.0 Å². The van der Waals surface area contributed by atoms with Gasteiger partial charge in [0.05, 0.1) is 0 Å². The Balaban J connectivity index is 2.12. The number of nitrogens with two attached hydrogens (primary N) is 2. The SMILES string of the molecule is N=C(N)SCc1cccc2c1-c1c(cccc1CSC(=N)N)CSC2. The number of thioether (sulfide) groups is 3. The van der Waals surface area contributed by atoms with E-state index in [1.807, 2.05) is 11.8 Å². The van der Waals surface area contributed by atoms with Gasteiger partial charge in [-0.3, -0.25) is 10.8 Å². The number of hydrogen-bond donors (Lipinski definition) is 4. The fraction of sp³-hybridized carbons (Fsp3) is 0.222. The van der Waals surface area contributed by atoms with Gasteiger partial charge in [-0.1, -0.05) is 59.9 Å². The molecule has 0 spiro atoms. The van der Waals surface area contributed by atoms with E-state index in [-0.39, 0.29) is 10.3 Å². The molecule has 0 amide bonds. The first-order valence-electron chi connectivity index (χ1n) is 7.79. The van der Waals surface area contributed by atoms with Crippen molar-refractivity contribution in [3.63, 3.8) is 0 Å². The zero-order valence-corrected chi connectivity index (χ0v) is 16.1. The Labute approximate surface area is 160 Å². The van der Waals surface area contributed by atoms with Crippen LogP contribution in [0.15, 0.2) is 36.4 Å². The molecule has 0 atom stereocenters. The van der Waals surface area contributed by atoms with Crippen molar-refractivity contribution >= 4 is 45.6 Å². The van der Waals surface area contributed by atoms with E-state index in [1.165, 1.54) is 56.9 Å². The van der Waals surface area contributed by atoms with Crippen molar-refractivity contribution in [2.45, 2.75) is 23.0 Å². The summed E-state index contributed by atoms with van der Waals surface area (Å²) in [6.45, 7) is 0. The highest BCUT2D eigenvalue weighted by atomic mass is 32.2. The van der Waals surface area contributed by atoms with Gasteiger partial charge in [0, 0.05) is 23.0 Å². The summed E-state index contributed by atoms with van der Waals surface area (Å²) in [6, 6.07) is 12.8. The van der Waals surface area contributed by atoms with Crippen molar-refractivity contribution in [1.82, 2.24) is 0 Å². The molecule has 0 bridgehead atoms. The van der Waals surface area contributed by atoms with Crippen LogP contribution in [0.2, 0.25) is 0 Å². The molecule has 1 aliphatic rings. The molecule has 0 aromatic heterocycles. The molecular formula is C18H20N4S3. The molecule has 1 aliphatic heterocycles. The van der Waals surface area contributed by atoms with E-state index in [9.17, 15) is 0 Å². The molecule has 6 N–H and O–H groups in total. The zero-order valence-electron chi connectivity index (χ0n) is 13.7. The molecule has 0 unspecified atom stereocenters. The third-order valence-electron chi connectivity index (χ3n) is 4.01. The molecule has 25 heavy (non-hydrogen) atoms. The Morgan fingerprint density at radius 1 is 0.840 bits per heavy atom. The Morgan fingerprint density at radius 3 is 1.68 bits per heavy atom. The van der Waals surface area contributed by atoms with Crippen LogP contribution in [0.25, 0.3) is 11.1 Å². The molecule has 0 aliphatic carbocycles. The fourth-order valence-corrected chi connectivity index (χ4v) is 5.14. The average Bonchev–Trinajstić information content (AvgIpc) is 2.77. The monoisotopic (exact) mass is 388 g/mol. The molecule has 1 heterocycles. The highest BCUT2D eigenvalue weighted by Gasteiger charge is 2.21. The summed E-state index contributed by atoms with van der Waals surface area (Å²) in [7, 11) is 0. The van der Waals surface area contributed by atoms with Crippen molar-refractivity contribution in [3.05, 3.63) is 58.7 Å². The second-order valence-corrected chi connectivity index (χ2v) is 8.72. The van der Waals surface area contributed by atoms with Gasteiger partial charge in [-0.05, 0) is 33.4 Å². The molecule has 0 radical (unpaired) electrons. The second-order valence-electron chi connectivity index (χ2n) is 5.70. The smallest absolute Gasteiger partial charge is 0.151 e. The summed E-state index contributed by atoms with van der Waals surface area (Å²) in [5, 5.41) is 15.3.